The molecule has 0 spiro atoms. The Hall–Kier alpha value is -2.08. The molecule has 0 heterocycles. The Balaban J connectivity index is 2.36. The lowest BCUT2D eigenvalue weighted by molar-refractivity contribution is 0.188. The average molecular weight is 264 g/mol. The Kier molecular flexibility index (Phi) is 6.38. The Bertz CT molecular complexity index is 392. The highest BCUT2D eigenvalue weighted by atomic mass is 16.2. The van der Waals surface area contributed by atoms with Crippen LogP contribution >= 0.6 is 0 Å². The van der Waals surface area contributed by atoms with Crippen molar-refractivity contribution in [3.63, 3.8) is 0 Å². The summed E-state index contributed by atoms with van der Waals surface area (Å²) in [6.45, 7) is 1.55. The molecule has 6 nitrogen and oxygen atoms in total. The molecular formula is C13H20N4O2. The first kappa shape index (κ1) is 15.0. The molecule has 0 aromatic heterocycles. The zero-order chi connectivity index (χ0) is 14.1. The second-order valence-electron chi connectivity index (χ2n) is 3.92. The normalized spacial score (nSPS) is 9.79. The fraction of sp³-hybridized carbons (Fsp3) is 0.385. The standard InChI is InChI=1S/C13H20N4O2/c1-14-12(18)17(13(19)15-2)9-8-16-10-11-6-4-3-5-7-11/h3-7,16H,8-10H2,1-2H3,(H,14,18)(H,15,19). The number of imide groups is 1. The zero-order valence-electron chi connectivity index (χ0n) is 11.3. The van der Waals surface area contributed by atoms with Gasteiger partial charge in [-0.2, -0.15) is 0 Å². The van der Waals surface area contributed by atoms with Crippen molar-refractivity contribution in [2.24, 2.45) is 0 Å². The van der Waals surface area contributed by atoms with Gasteiger partial charge in [-0.25, -0.2) is 14.5 Å². The van der Waals surface area contributed by atoms with Crippen molar-refractivity contribution < 1.29 is 9.59 Å². The second-order valence-corrected chi connectivity index (χ2v) is 3.92. The molecule has 1 aromatic rings. The van der Waals surface area contributed by atoms with Crippen LogP contribution in [0.25, 0.3) is 0 Å². The molecule has 0 fully saturated rings. The molecule has 0 aliphatic rings. The molecule has 19 heavy (non-hydrogen) atoms. The van der Waals surface area contributed by atoms with E-state index in [9.17, 15) is 9.59 Å². The Morgan fingerprint density at radius 2 is 1.63 bits per heavy atom. The van der Waals surface area contributed by atoms with E-state index in [4.69, 9.17) is 0 Å². The Morgan fingerprint density at radius 1 is 1.05 bits per heavy atom. The van der Waals surface area contributed by atoms with Gasteiger partial charge in [0.1, 0.15) is 0 Å². The van der Waals surface area contributed by atoms with Crippen LogP contribution in [0.4, 0.5) is 9.59 Å². The minimum atomic E-state index is -0.416. The quantitative estimate of drug-likeness (QED) is 0.687. The van der Waals surface area contributed by atoms with E-state index in [-0.39, 0.29) is 0 Å². The number of carbonyl (C=O) groups excluding carboxylic acids is 2. The fourth-order valence-electron chi connectivity index (χ4n) is 1.58. The smallest absolute Gasteiger partial charge is 0.325 e. The van der Waals surface area contributed by atoms with Gasteiger partial charge in [0.2, 0.25) is 0 Å². The first-order chi connectivity index (χ1) is 9.19. The van der Waals surface area contributed by atoms with E-state index >= 15 is 0 Å². The van der Waals surface area contributed by atoms with Crippen molar-refractivity contribution >= 4 is 12.1 Å². The maximum Gasteiger partial charge on any atom is 0.325 e. The molecule has 0 unspecified atom stereocenters. The molecule has 6 heteroatoms. The lowest BCUT2D eigenvalue weighted by Crippen LogP contribution is -2.49. The molecule has 0 radical (unpaired) electrons. The van der Waals surface area contributed by atoms with E-state index < -0.39 is 12.1 Å². The summed E-state index contributed by atoms with van der Waals surface area (Å²) in [4.78, 5) is 24.1. The first-order valence-electron chi connectivity index (χ1n) is 6.14. The zero-order valence-corrected chi connectivity index (χ0v) is 11.3. The van der Waals surface area contributed by atoms with Crippen LogP contribution < -0.4 is 16.0 Å². The lowest BCUT2D eigenvalue weighted by Gasteiger charge is -2.19. The number of nitrogens with one attached hydrogen (secondary N) is 3. The Morgan fingerprint density at radius 3 is 2.16 bits per heavy atom. The summed E-state index contributed by atoms with van der Waals surface area (Å²) >= 11 is 0. The highest BCUT2D eigenvalue weighted by molar-refractivity contribution is 5.93. The number of hydrogen-bond acceptors (Lipinski definition) is 3. The van der Waals surface area contributed by atoms with Crippen LogP contribution in [0.3, 0.4) is 0 Å². The number of amides is 4. The van der Waals surface area contributed by atoms with Gasteiger partial charge in [0.25, 0.3) is 0 Å². The predicted octanol–water partition coefficient (Wildman–Crippen LogP) is 0.757. The van der Waals surface area contributed by atoms with Gasteiger partial charge >= 0.3 is 12.1 Å². The third-order valence-electron chi connectivity index (χ3n) is 2.60. The van der Waals surface area contributed by atoms with Crippen LogP contribution in [0, 0.1) is 0 Å². The molecule has 0 atom stereocenters. The van der Waals surface area contributed by atoms with Crippen molar-refractivity contribution in [3.05, 3.63) is 35.9 Å². The minimum Gasteiger partial charge on any atom is -0.341 e. The molecule has 4 amide bonds. The van der Waals surface area contributed by atoms with Crippen LogP contribution in [-0.4, -0.2) is 44.1 Å². The third-order valence-corrected chi connectivity index (χ3v) is 2.60. The number of benzene rings is 1. The van der Waals surface area contributed by atoms with Gasteiger partial charge in [0.15, 0.2) is 0 Å². The average Bonchev–Trinajstić information content (AvgIpc) is 2.47. The SMILES string of the molecule is CNC(=O)N(CCNCc1ccccc1)C(=O)NC. The molecule has 0 saturated carbocycles. The number of carbonyl (C=O) groups is 2. The van der Waals surface area contributed by atoms with Gasteiger partial charge in [-0.05, 0) is 5.56 Å². The topological polar surface area (TPSA) is 73.5 Å². The molecule has 1 rings (SSSR count). The van der Waals surface area contributed by atoms with E-state index in [1.165, 1.54) is 14.1 Å². The minimum absolute atomic E-state index is 0.312. The molecule has 104 valence electrons. The number of hydrogen-bond donors (Lipinski definition) is 3. The summed E-state index contributed by atoms with van der Waals surface area (Å²) in [5.41, 5.74) is 1.16. The summed E-state index contributed by atoms with van der Waals surface area (Å²) in [5.74, 6) is 0. The highest BCUT2D eigenvalue weighted by Crippen LogP contribution is 1.97. The van der Waals surface area contributed by atoms with Crippen molar-refractivity contribution in [1.29, 1.82) is 0 Å². The number of nitrogens with zero attached hydrogens (tertiary/aromatic N) is 1. The molecule has 3 N–H and O–H groups in total. The van der Waals surface area contributed by atoms with E-state index in [2.05, 4.69) is 16.0 Å². The van der Waals surface area contributed by atoms with Gasteiger partial charge in [0, 0.05) is 33.7 Å². The lowest BCUT2D eigenvalue weighted by atomic mass is 10.2. The maximum absolute atomic E-state index is 11.5. The van der Waals surface area contributed by atoms with Gasteiger partial charge in [-0.3, -0.25) is 0 Å². The monoisotopic (exact) mass is 264 g/mol. The van der Waals surface area contributed by atoms with Crippen LogP contribution in [-0.2, 0) is 6.54 Å². The second kappa shape index (κ2) is 8.10. The summed E-state index contributed by atoms with van der Waals surface area (Å²) in [6.07, 6.45) is 0. The Labute approximate surface area is 113 Å². The maximum atomic E-state index is 11.5. The number of rotatable bonds is 5. The van der Waals surface area contributed by atoms with Crippen LogP contribution in [0.5, 0.6) is 0 Å². The van der Waals surface area contributed by atoms with E-state index in [0.29, 0.717) is 19.6 Å². The van der Waals surface area contributed by atoms with Crippen molar-refractivity contribution in [2.75, 3.05) is 27.2 Å². The van der Waals surface area contributed by atoms with Crippen LogP contribution in [0.1, 0.15) is 5.56 Å². The van der Waals surface area contributed by atoms with E-state index in [0.717, 1.165) is 10.5 Å². The van der Waals surface area contributed by atoms with E-state index in [1.54, 1.807) is 0 Å². The molecule has 0 aliphatic carbocycles. The van der Waals surface area contributed by atoms with Crippen molar-refractivity contribution in [1.82, 2.24) is 20.9 Å². The van der Waals surface area contributed by atoms with Gasteiger partial charge < -0.3 is 16.0 Å². The summed E-state index contributed by atoms with van der Waals surface area (Å²) in [6, 6.07) is 9.10. The molecule has 0 aliphatic heterocycles. The fourth-order valence-corrected chi connectivity index (χ4v) is 1.58. The molecule has 0 bridgehead atoms. The van der Waals surface area contributed by atoms with Gasteiger partial charge in [-0.15, -0.1) is 0 Å². The third kappa shape index (κ3) is 4.97. The van der Waals surface area contributed by atoms with Crippen molar-refractivity contribution in [2.45, 2.75) is 6.54 Å². The predicted molar refractivity (Wildman–Crippen MR) is 73.8 cm³/mol. The molecule has 0 saturated heterocycles. The van der Waals surface area contributed by atoms with Crippen molar-refractivity contribution in [3.8, 4) is 0 Å². The van der Waals surface area contributed by atoms with Gasteiger partial charge in [-0.1, -0.05) is 30.3 Å². The molecular weight excluding hydrogens is 244 g/mol. The molecule has 1 aromatic carbocycles. The van der Waals surface area contributed by atoms with Gasteiger partial charge in [0.05, 0.1) is 0 Å². The van der Waals surface area contributed by atoms with Crippen LogP contribution in [0.15, 0.2) is 30.3 Å². The highest BCUT2D eigenvalue weighted by Gasteiger charge is 2.17. The summed E-state index contributed by atoms with van der Waals surface area (Å²) in [5, 5.41) is 8.06. The largest absolute Gasteiger partial charge is 0.341 e. The first-order valence-corrected chi connectivity index (χ1v) is 6.14. The summed E-state index contributed by atoms with van der Waals surface area (Å²) < 4.78 is 0. The van der Waals surface area contributed by atoms with E-state index in [1.807, 2.05) is 30.3 Å². The number of urea groups is 2. The van der Waals surface area contributed by atoms with Crippen LogP contribution in [0.2, 0.25) is 0 Å². The summed E-state index contributed by atoms with van der Waals surface area (Å²) in [7, 11) is 2.99.